The monoisotopic (exact) mass is 263 g/mol. The molecule has 92 valence electrons. The molecule has 0 spiro atoms. The molecule has 1 aromatic rings. The summed E-state index contributed by atoms with van der Waals surface area (Å²) in [6.07, 6.45) is -3.20. The van der Waals surface area contributed by atoms with E-state index < -0.39 is 18.0 Å². The average molecular weight is 264 g/mol. The van der Waals surface area contributed by atoms with Gasteiger partial charge in [0.25, 0.3) is 18.0 Å². The molecule has 1 aromatic carbocycles. The molecule has 0 saturated carbocycles. The van der Waals surface area contributed by atoms with Crippen molar-refractivity contribution < 1.29 is 18.0 Å². The molecular formula is C11H9ClF3NO. The maximum Gasteiger partial charge on any atom is 0.284 e. The summed E-state index contributed by atoms with van der Waals surface area (Å²) >= 11 is 5.59. The zero-order chi connectivity index (χ0) is 13.1. The zero-order valence-electron chi connectivity index (χ0n) is 8.59. The summed E-state index contributed by atoms with van der Waals surface area (Å²) in [5.41, 5.74) is -3.23. The van der Waals surface area contributed by atoms with Crippen LogP contribution in [-0.2, 0) is 4.79 Å². The van der Waals surface area contributed by atoms with E-state index in [0.717, 1.165) is 0 Å². The maximum absolute atomic E-state index is 13.5. The second-order valence-electron chi connectivity index (χ2n) is 3.23. The molecule has 6 heteroatoms. The Labute approximate surface area is 101 Å². The molecular weight excluding hydrogens is 255 g/mol. The van der Waals surface area contributed by atoms with Gasteiger partial charge in [-0.1, -0.05) is 18.2 Å². The third-order valence-corrected chi connectivity index (χ3v) is 2.32. The van der Waals surface area contributed by atoms with Crippen LogP contribution in [0.25, 0.3) is 0 Å². The van der Waals surface area contributed by atoms with E-state index in [0.29, 0.717) is 5.02 Å². The molecule has 2 nitrogen and oxygen atoms in total. The first-order valence-electron chi connectivity index (χ1n) is 4.58. The molecule has 0 fully saturated rings. The van der Waals surface area contributed by atoms with Gasteiger partial charge < -0.3 is 5.32 Å². The Morgan fingerprint density at radius 2 is 1.94 bits per heavy atom. The van der Waals surface area contributed by atoms with Crippen LogP contribution in [0.1, 0.15) is 0 Å². The van der Waals surface area contributed by atoms with Gasteiger partial charge in [0, 0.05) is 10.7 Å². The van der Waals surface area contributed by atoms with Crippen LogP contribution in [0.4, 0.5) is 18.9 Å². The van der Waals surface area contributed by atoms with Crippen LogP contribution in [0.5, 0.6) is 0 Å². The quantitative estimate of drug-likeness (QED) is 0.829. The first kappa shape index (κ1) is 13.6. The topological polar surface area (TPSA) is 29.1 Å². The van der Waals surface area contributed by atoms with Crippen LogP contribution >= 0.6 is 11.6 Å². The molecule has 0 radical (unpaired) electrons. The number of halogens is 4. The van der Waals surface area contributed by atoms with E-state index >= 15 is 0 Å². The van der Waals surface area contributed by atoms with Crippen molar-refractivity contribution >= 4 is 23.2 Å². The fourth-order valence-electron chi connectivity index (χ4n) is 1.04. The predicted octanol–water partition coefficient (Wildman–Crippen LogP) is 3.44. The first-order valence-corrected chi connectivity index (χ1v) is 4.95. The minimum atomic E-state index is -3.48. The minimum Gasteiger partial charge on any atom is -0.323 e. The molecule has 0 heterocycles. The van der Waals surface area contributed by atoms with Crippen LogP contribution in [0, 0.1) is 0 Å². The Hall–Kier alpha value is -1.49. The highest BCUT2D eigenvalue weighted by molar-refractivity contribution is 6.30. The number of alkyl halides is 3. The minimum absolute atomic E-state index is 0.170. The maximum atomic E-state index is 13.5. The van der Waals surface area contributed by atoms with Crippen molar-refractivity contribution in [2.24, 2.45) is 0 Å². The van der Waals surface area contributed by atoms with Gasteiger partial charge in [-0.15, -0.1) is 0 Å². The summed E-state index contributed by atoms with van der Waals surface area (Å²) in [7, 11) is 0. The van der Waals surface area contributed by atoms with Crippen molar-refractivity contribution in [2.75, 3.05) is 5.32 Å². The fraction of sp³-hybridized carbons (Fsp3) is 0.182. The van der Waals surface area contributed by atoms with Crippen molar-refractivity contribution in [3.63, 3.8) is 0 Å². The SMILES string of the molecule is C=CC(F)(C(=O)Nc1ccc(Cl)cc1)C(F)F. The normalized spacial score (nSPS) is 14.2. The summed E-state index contributed by atoms with van der Waals surface area (Å²) in [5.74, 6) is -1.47. The Balaban J connectivity index is 2.85. The van der Waals surface area contributed by atoms with Gasteiger partial charge in [0.2, 0.25) is 0 Å². The summed E-state index contributed by atoms with van der Waals surface area (Å²) in [6, 6.07) is 5.62. The second kappa shape index (κ2) is 5.23. The second-order valence-corrected chi connectivity index (χ2v) is 3.67. The van der Waals surface area contributed by atoms with Gasteiger partial charge in [-0.25, -0.2) is 13.2 Å². The average Bonchev–Trinajstić information content (AvgIpc) is 2.30. The molecule has 0 aliphatic heterocycles. The summed E-state index contributed by atoms with van der Waals surface area (Å²) in [5, 5.41) is 2.43. The smallest absolute Gasteiger partial charge is 0.284 e. The number of amides is 1. The number of hydrogen-bond acceptors (Lipinski definition) is 1. The van der Waals surface area contributed by atoms with Crippen LogP contribution in [0.3, 0.4) is 0 Å². The Morgan fingerprint density at radius 1 is 1.41 bits per heavy atom. The first-order chi connectivity index (χ1) is 7.90. The number of anilines is 1. The molecule has 0 bridgehead atoms. The van der Waals surface area contributed by atoms with Gasteiger partial charge in [0.1, 0.15) is 0 Å². The van der Waals surface area contributed by atoms with Gasteiger partial charge in [0.15, 0.2) is 0 Å². The summed E-state index contributed by atoms with van der Waals surface area (Å²) in [4.78, 5) is 11.3. The van der Waals surface area contributed by atoms with Crippen molar-refractivity contribution in [1.82, 2.24) is 0 Å². The summed E-state index contributed by atoms with van der Waals surface area (Å²) < 4.78 is 38.2. The highest BCUT2D eigenvalue weighted by Gasteiger charge is 2.45. The summed E-state index contributed by atoms with van der Waals surface area (Å²) in [6.45, 7) is 2.89. The van der Waals surface area contributed by atoms with Crippen molar-refractivity contribution in [3.8, 4) is 0 Å². The Kier molecular flexibility index (Phi) is 4.17. The van der Waals surface area contributed by atoms with Crippen LogP contribution < -0.4 is 5.32 Å². The van der Waals surface area contributed by atoms with E-state index in [1.54, 1.807) is 0 Å². The zero-order valence-corrected chi connectivity index (χ0v) is 9.35. The van der Waals surface area contributed by atoms with Gasteiger partial charge in [0.05, 0.1) is 0 Å². The molecule has 0 aromatic heterocycles. The van der Waals surface area contributed by atoms with E-state index in [1.165, 1.54) is 24.3 Å². The van der Waals surface area contributed by atoms with E-state index in [9.17, 15) is 18.0 Å². The lowest BCUT2D eigenvalue weighted by molar-refractivity contribution is -0.132. The third kappa shape index (κ3) is 3.00. The molecule has 17 heavy (non-hydrogen) atoms. The molecule has 1 unspecified atom stereocenters. The molecule has 0 saturated heterocycles. The molecule has 1 rings (SSSR count). The number of nitrogens with one attached hydrogen (secondary N) is 1. The van der Waals surface area contributed by atoms with Crippen molar-refractivity contribution in [2.45, 2.75) is 12.1 Å². The van der Waals surface area contributed by atoms with Crippen molar-refractivity contribution in [1.29, 1.82) is 0 Å². The number of hydrogen-bond donors (Lipinski definition) is 1. The fourth-order valence-corrected chi connectivity index (χ4v) is 1.17. The third-order valence-electron chi connectivity index (χ3n) is 2.06. The highest BCUT2D eigenvalue weighted by Crippen LogP contribution is 2.24. The highest BCUT2D eigenvalue weighted by atomic mass is 35.5. The lowest BCUT2D eigenvalue weighted by atomic mass is 10.1. The molecule has 1 amide bonds. The number of carbonyl (C=O) groups is 1. The van der Waals surface area contributed by atoms with Crippen molar-refractivity contribution in [3.05, 3.63) is 41.9 Å². The van der Waals surface area contributed by atoms with Gasteiger partial charge >= 0.3 is 0 Å². The Morgan fingerprint density at radius 3 is 2.35 bits per heavy atom. The number of benzene rings is 1. The van der Waals surface area contributed by atoms with E-state index in [2.05, 4.69) is 6.58 Å². The van der Waals surface area contributed by atoms with Gasteiger partial charge in [-0.05, 0) is 30.3 Å². The van der Waals surface area contributed by atoms with Crippen LogP contribution in [-0.4, -0.2) is 18.0 Å². The lowest BCUT2D eigenvalue weighted by Gasteiger charge is -2.19. The molecule has 0 aliphatic carbocycles. The van der Waals surface area contributed by atoms with E-state index in [1.807, 2.05) is 5.32 Å². The largest absolute Gasteiger partial charge is 0.323 e. The number of rotatable bonds is 4. The van der Waals surface area contributed by atoms with Gasteiger partial charge in [-0.3, -0.25) is 4.79 Å². The molecule has 1 atom stereocenters. The lowest BCUT2D eigenvalue weighted by Crippen LogP contribution is -2.43. The number of carbonyl (C=O) groups excluding carboxylic acids is 1. The molecule has 1 N–H and O–H groups in total. The van der Waals surface area contributed by atoms with Crippen LogP contribution in [0.2, 0.25) is 5.02 Å². The predicted molar refractivity (Wildman–Crippen MR) is 60.1 cm³/mol. The molecule has 0 aliphatic rings. The van der Waals surface area contributed by atoms with E-state index in [-0.39, 0.29) is 11.8 Å². The standard InChI is InChI=1S/C11H9ClF3NO/c1-2-11(15,9(13)14)10(17)16-8-5-3-7(12)4-6-8/h2-6,9H,1H2,(H,16,17). The van der Waals surface area contributed by atoms with E-state index in [4.69, 9.17) is 11.6 Å². The van der Waals surface area contributed by atoms with Crippen LogP contribution in [0.15, 0.2) is 36.9 Å². The Bertz CT molecular complexity index is 421. The van der Waals surface area contributed by atoms with Gasteiger partial charge in [-0.2, -0.15) is 0 Å².